The topological polar surface area (TPSA) is 244 Å². The number of urea groups is 1. The Hall–Kier alpha value is -5.51. The van der Waals surface area contributed by atoms with E-state index in [-0.39, 0.29) is 41.6 Å². The van der Waals surface area contributed by atoms with Crippen LogP contribution < -0.4 is 10.6 Å². The predicted octanol–water partition coefficient (Wildman–Crippen LogP) is 2.83. The molecule has 65 heavy (non-hydrogen) atoms. The summed E-state index contributed by atoms with van der Waals surface area (Å²) in [6.07, 6.45) is 9.86. The maximum absolute atomic E-state index is 13.6. The Balaban J connectivity index is 0.000000249. The first-order valence-corrected chi connectivity index (χ1v) is 24.1. The zero-order chi connectivity index (χ0) is 46.3. The van der Waals surface area contributed by atoms with Gasteiger partial charge < -0.3 is 35.8 Å². The first-order valence-electron chi connectivity index (χ1n) is 22.1. The zero-order valence-corrected chi connectivity index (χ0v) is 38.1. The van der Waals surface area contributed by atoms with Crippen LogP contribution in [0.4, 0.5) is 4.79 Å². The summed E-state index contributed by atoms with van der Waals surface area (Å²) >= 11 is 2.49. The van der Waals surface area contributed by atoms with Gasteiger partial charge in [-0.25, -0.2) is 14.3 Å². The summed E-state index contributed by atoms with van der Waals surface area (Å²) in [6, 6.07) is 12.3. The Morgan fingerprint density at radius 3 is 2.29 bits per heavy atom. The number of carbonyl (C=O) groups is 6. The molecule has 1 aromatic heterocycles. The van der Waals surface area contributed by atoms with Gasteiger partial charge in [-0.3, -0.25) is 29.0 Å². The fourth-order valence-electron chi connectivity index (χ4n) is 9.09. The number of rotatable bonds is 14. The number of likely N-dealkylation sites (tertiary alicyclic amines) is 1. The van der Waals surface area contributed by atoms with Gasteiger partial charge in [-0.05, 0) is 97.3 Å². The summed E-state index contributed by atoms with van der Waals surface area (Å²) in [5.74, 6) is -3.81. The van der Waals surface area contributed by atoms with E-state index in [9.17, 15) is 44.1 Å². The lowest BCUT2D eigenvalue weighted by Crippen LogP contribution is -2.71. The molecule has 5 aliphatic rings. The highest BCUT2D eigenvalue weighted by atomic mass is 32.2. The van der Waals surface area contributed by atoms with E-state index in [1.54, 1.807) is 14.0 Å². The van der Waals surface area contributed by atoms with Crippen molar-refractivity contribution in [1.29, 1.82) is 0 Å². The number of phenolic OH excluding ortho intramolecular Hbond substituents is 1. The number of hydrogen-bond acceptors (Lipinski definition) is 14. The number of nitrogens with zero attached hydrogens (tertiary/aromatic N) is 8. The van der Waals surface area contributed by atoms with Crippen molar-refractivity contribution in [3.05, 3.63) is 77.0 Å². The number of likely N-dealkylation sites (N-methyl/N-ethyl adjacent to an activating group) is 1. The quantitative estimate of drug-likeness (QED) is 0.0887. The molecule has 21 heteroatoms. The molecule has 3 aromatic rings. The molecule has 19 nitrogen and oxygen atoms in total. The number of phenols is 1. The molecule has 1 saturated carbocycles. The van der Waals surface area contributed by atoms with E-state index in [0.717, 1.165) is 23.4 Å². The number of tetrazole rings is 1. The minimum absolute atomic E-state index is 0.0823. The summed E-state index contributed by atoms with van der Waals surface area (Å²) in [5, 5.41) is 47.1. The van der Waals surface area contributed by atoms with Crippen LogP contribution in [0.25, 0.3) is 0 Å². The molecule has 0 spiro atoms. The largest absolute Gasteiger partial charge is 0.508 e. The van der Waals surface area contributed by atoms with E-state index in [4.69, 9.17) is 0 Å². The molecule has 1 aliphatic carbocycles. The number of benzene rings is 2. The number of fused-ring (bicyclic) bond motifs is 1. The summed E-state index contributed by atoms with van der Waals surface area (Å²) in [4.78, 5) is 82.7. The molecule has 0 radical (unpaired) electrons. The van der Waals surface area contributed by atoms with E-state index in [1.807, 2.05) is 6.07 Å². The van der Waals surface area contributed by atoms with Gasteiger partial charge in [0.1, 0.15) is 28.9 Å². The molecule has 348 valence electrons. The van der Waals surface area contributed by atoms with E-state index < -0.39 is 58.7 Å². The summed E-state index contributed by atoms with van der Waals surface area (Å²) in [7, 11) is 1.64. The van der Waals surface area contributed by atoms with Crippen molar-refractivity contribution < 1.29 is 44.1 Å². The van der Waals surface area contributed by atoms with E-state index in [1.165, 1.54) is 115 Å². The third kappa shape index (κ3) is 10.6. The maximum Gasteiger partial charge on any atom is 0.352 e. The highest BCUT2D eigenvalue weighted by Gasteiger charge is 2.54. The van der Waals surface area contributed by atoms with Gasteiger partial charge in [0.15, 0.2) is 0 Å². The second kappa shape index (κ2) is 21.2. The van der Waals surface area contributed by atoms with Gasteiger partial charge in [0.05, 0.1) is 5.60 Å². The molecule has 0 bridgehead atoms. The highest BCUT2D eigenvalue weighted by Crippen LogP contribution is 2.44. The fourth-order valence-corrected chi connectivity index (χ4v) is 11.4. The predicted molar refractivity (Wildman–Crippen MR) is 240 cm³/mol. The van der Waals surface area contributed by atoms with E-state index in [0.29, 0.717) is 28.1 Å². The lowest BCUT2D eigenvalue weighted by Gasteiger charge is -2.49. The molecular formula is C44H56N10O9S2. The summed E-state index contributed by atoms with van der Waals surface area (Å²) in [6.45, 7) is 5.52. The molecular weight excluding hydrogens is 877 g/mol. The number of imide groups is 1. The maximum atomic E-state index is 13.6. The second-order valence-corrected chi connectivity index (χ2v) is 18.8. The van der Waals surface area contributed by atoms with E-state index in [2.05, 4.69) is 55.3 Å². The molecule has 2 aromatic carbocycles. The smallest absolute Gasteiger partial charge is 0.352 e. The van der Waals surface area contributed by atoms with Crippen LogP contribution in [0.5, 0.6) is 5.75 Å². The zero-order valence-electron chi connectivity index (χ0n) is 36.5. The molecule has 4 fully saturated rings. The lowest BCUT2D eigenvalue weighted by atomic mass is 9.77. The van der Waals surface area contributed by atoms with Crippen molar-refractivity contribution in [2.45, 2.75) is 86.5 Å². The number of piperidine rings is 1. The number of carboxylic acids is 1. The van der Waals surface area contributed by atoms with Crippen LogP contribution in [-0.4, -0.2) is 153 Å². The fraction of sp³-hybridized carbons (Fsp3) is 0.523. The number of piperazine rings is 1. The Morgan fingerprint density at radius 2 is 1.65 bits per heavy atom. The monoisotopic (exact) mass is 932 g/mol. The standard InChI is InChI=1S/C25H27N9O8S2.C19H29NO/c1-3-32-8-9-33(21(39)20(32)38)24(42)27-15(12-4-6-14(35)7-5-12)18(36)26-16-19(37)34-17(23(40)41)13(10-43-22(16)34)11-44-25-28-29-30-31(25)2;21-19(18-11-5-6-12-18,17-9-3-1-4-10-17)13-16-20-14-7-2-8-15-20/h4-7,15-16,22,35H,3,8-11H2,1-2H3,(H,26,36)(H,27,42)(H,40,41);1,3-4,9-10,18,21H,2,5-8,11-16H2/t15-,16-,22-;/m1./s1. The number of aryl methyl sites for hydroxylation is 1. The third-order valence-electron chi connectivity index (χ3n) is 12.8. The number of carbonyl (C=O) groups excluding carboxylic acids is 5. The number of carboxylic acid groups (broad SMARTS) is 1. The van der Waals surface area contributed by atoms with Crippen molar-refractivity contribution in [2.24, 2.45) is 13.0 Å². The second-order valence-electron chi connectivity index (χ2n) is 16.8. The molecule has 5 N–H and O–H groups in total. The van der Waals surface area contributed by atoms with Gasteiger partial charge in [-0.15, -0.1) is 16.9 Å². The Kier molecular flexibility index (Phi) is 15.5. The van der Waals surface area contributed by atoms with Crippen LogP contribution in [0.3, 0.4) is 0 Å². The molecule has 4 atom stereocenters. The number of β-lactam (4-membered cyclic amide) rings is 1. The van der Waals surface area contributed by atoms with Crippen molar-refractivity contribution in [3.8, 4) is 5.75 Å². The first-order chi connectivity index (χ1) is 31.3. The average molecular weight is 933 g/mol. The number of amides is 6. The van der Waals surface area contributed by atoms with Crippen LogP contribution in [0, 0.1) is 5.92 Å². The van der Waals surface area contributed by atoms with Gasteiger partial charge in [0, 0.05) is 44.7 Å². The molecule has 6 amide bonds. The molecule has 8 rings (SSSR count). The highest BCUT2D eigenvalue weighted by molar-refractivity contribution is 8.01. The minimum atomic E-state index is -1.42. The third-order valence-corrected chi connectivity index (χ3v) is 15.2. The molecule has 1 unspecified atom stereocenters. The number of hydrogen-bond donors (Lipinski definition) is 5. The van der Waals surface area contributed by atoms with Crippen molar-refractivity contribution in [1.82, 2.24) is 50.4 Å². The molecule has 5 heterocycles. The summed E-state index contributed by atoms with van der Waals surface area (Å²) < 4.78 is 1.44. The summed E-state index contributed by atoms with van der Waals surface area (Å²) in [5.41, 5.74) is 1.05. The van der Waals surface area contributed by atoms with Gasteiger partial charge in [-0.2, -0.15) is 0 Å². The van der Waals surface area contributed by atoms with Gasteiger partial charge in [0.2, 0.25) is 11.1 Å². The van der Waals surface area contributed by atoms with Crippen LogP contribution in [0.2, 0.25) is 0 Å². The minimum Gasteiger partial charge on any atom is -0.508 e. The van der Waals surface area contributed by atoms with Crippen LogP contribution in [0.1, 0.15) is 75.5 Å². The van der Waals surface area contributed by atoms with E-state index >= 15 is 0 Å². The van der Waals surface area contributed by atoms with Crippen molar-refractivity contribution >= 4 is 59.2 Å². The molecule has 3 saturated heterocycles. The van der Waals surface area contributed by atoms with Crippen molar-refractivity contribution in [3.63, 3.8) is 0 Å². The number of aromatic hydroxyl groups is 1. The number of aliphatic hydroxyl groups is 1. The van der Waals surface area contributed by atoms with Gasteiger partial charge in [-0.1, -0.05) is 73.5 Å². The number of nitrogens with one attached hydrogen (secondary N) is 2. The van der Waals surface area contributed by atoms with Gasteiger partial charge >= 0.3 is 23.8 Å². The Bertz CT molecular complexity index is 2250. The number of aliphatic carboxylic acids is 1. The Morgan fingerprint density at radius 1 is 0.938 bits per heavy atom. The average Bonchev–Trinajstić information content (AvgIpc) is 4.03. The normalized spacial score (nSPS) is 21.8. The molecule has 4 aliphatic heterocycles. The number of thioether (sulfide) groups is 2. The van der Waals surface area contributed by atoms with Crippen LogP contribution in [0.15, 0.2) is 71.0 Å². The Labute approximate surface area is 385 Å². The number of aromatic nitrogens is 4. The van der Waals surface area contributed by atoms with Crippen molar-refractivity contribution in [2.75, 3.05) is 50.8 Å². The first kappa shape index (κ1) is 47.5. The van der Waals surface area contributed by atoms with Crippen LogP contribution >= 0.6 is 23.5 Å². The van der Waals surface area contributed by atoms with Crippen LogP contribution in [-0.2, 0) is 36.6 Å². The van der Waals surface area contributed by atoms with Gasteiger partial charge in [0.25, 0.3) is 5.91 Å². The lowest BCUT2D eigenvalue weighted by molar-refractivity contribution is -0.153. The SMILES string of the molecule is CCN1CCN(C(=O)N[C@@H](C(=O)N[C@@H]2C(=O)N3C(C(=O)O)=C(CSc4nnnn4C)CS[C@H]23)c2ccc(O)cc2)C(=O)C1=O.OC(CCN1CCCCC1)(c1ccccc1)C1CCCC1.